The van der Waals surface area contributed by atoms with Gasteiger partial charge in [-0.1, -0.05) is 35.3 Å². The molecular formula is C21H27Cl2N3O. The van der Waals surface area contributed by atoms with Gasteiger partial charge in [0.2, 0.25) is 0 Å². The normalized spacial score (nSPS) is 17.1. The predicted octanol–water partition coefficient (Wildman–Crippen LogP) is 4.40. The average Bonchev–Trinajstić information content (AvgIpc) is 2.58. The van der Waals surface area contributed by atoms with Crippen LogP contribution in [0.2, 0.25) is 10.0 Å². The molecule has 2 aromatic carbocycles. The fourth-order valence-corrected chi connectivity index (χ4v) is 4.41. The fourth-order valence-electron chi connectivity index (χ4n) is 3.84. The van der Waals surface area contributed by atoms with Crippen LogP contribution in [0.15, 0.2) is 36.4 Å². The van der Waals surface area contributed by atoms with Gasteiger partial charge in [0.1, 0.15) is 0 Å². The number of aliphatic hydroxyl groups is 1. The molecule has 1 aliphatic rings. The first-order valence-corrected chi connectivity index (χ1v) is 10.1. The van der Waals surface area contributed by atoms with Crippen LogP contribution >= 0.6 is 23.2 Å². The molecule has 0 amide bonds. The van der Waals surface area contributed by atoms with Crippen LogP contribution in [0.4, 0.5) is 5.69 Å². The molecule has 0 radical (unpaired) electrons. The van der Waals surface area contributed by atoms with Crippen LogP contribution in [0.5, 0.6) is 0 Å². The number of halogens is 2. The van der Waals surface area contributed by atoms with Gasteiger partial charge in [-0.15, -0.1) is 0 Å². The third-order valence-electron chi connectivity index (χ3n) is 5.25. The van der Waals surface area contributed by atoms with Gasteiger partial charge in [0.25, 0.3) is 0 Å². The number of rotatable bonds is 6. The zero-order chi connectivity index (χ0) is 19.4. The monoisotopic (exact) mass is 407 g/mol. The van der Waals surface area contributed by atoms with Crippen LogP contribution in [-0.4, -0.2) is 29.4 Å². The zero-order valence-corrected chi connectivity index (χ0v) is 17.1. The van der Waals surface area contributed by atoms with Gasteiger partial charge in [-0.05, 0) is 86.1 Å². The summed E-state index contributed by atoms with van der Waals surface area (Å²) in [7, 11) is 0. The Balaban J connectivity index is 1.58. The molecule has 0 bridgehead atoms. The van der Waals surface area contributed by atoms with Crippen molar-refractivity contribution in [1.29, 1.82) is 0 Å². The lowest BCUT2D eigenvalue weighted by molar-refractivity contribution is 0.176. The highest BCUT2D eigenvalue weighted by Gasteiger charge is 2.21. The molecule has 0 aliphatic carbocycles. The van der Waals surface area contributed by atoms with Crippen LogP contribution < -0.4 is 11.1 Å². The molecule has 1 unspecified atom stereocenters. The summed E-state index contributed by atoms with van der Waals surface area (Å²) in [4.78, 5) is 2.47. The molecule has 0 aromatic heterocycles. The average molecular weight is 408 g/mol. The minimum atomic E-state index is -1.05. The Bertz CT molecular complexity index is 754. The topological polar surface area (TPSA) is 61.5 Å². The molecule has 1 heterocycles. The maximum absolute atomic E-state index is 9.48. The van der Waals surface area contributed by atoms with Crippen molar-refractivity contribution >= 4 is 28.9 Å². The highest BCUT2D eigenvalue weighted by molar-refractivity contribution is 6.34. The van der Waals surface area contributed by atoms with Gasteiger partial charge in [0, 0.05) is 22.3 Å². The maximum atomic E-state index is 9.48. The first-order valence-electron chi connectivity index (χ1n) is 9.36. The summed E-state index contributed by atoms with van der Waals surface area (Å²) in [5.41, 5.74) is 10.0. The van der Waals surface area contributed by atoms with Crippen molar-refractivity contribution in [1.82, 2.24) is 4.90 Å². The number of hydrogen-bond acceptors (Lipinski definition) is 4. The SMILES string of the molecule is Cc1cccc(NC(N)O)c1CN1CCC(Cc2cc(Cl)cc(Cl)c2)CC1. The molecule has 0 saturated carbocycles. The summed E-state index contributed by atoms with van der Waals surface area (Å²) in [6.07, 6.45) is 2.27. The number of anilines is 1. The third-order valence-corrected chi connectivity index (χ3v) is 5.69. The largest absolute Gasteiger partial charge is 0.361 e. The van der Waals surface area contributed by atoms with Gasteiger partial charge in [0.15, 0.2) is 6.35 Å². The van der Waals surface area contributed by atoms with Gasteiger partial charge in [-0.3, -0.25) is 10.6 Å². The van der Waals surface area contributed by atoms with E-state index in [2.05, 4.69) is 23.2 Å². The van der Waals surface area contributed by atoms with E-state index in [1.807, 2.05) is 24.3 Å². The second-order valence-corrected chi connectivity index (χ2v) is 8.26. The van der Waals surface area contributed by atoms with Crippen LogP contribution in [0.1, 0.15) is 29.5 Å². The first kappa shape index (κ1) is 20.4. The van der Waals surface area contributed by atoms with E-state index in [0.717, 1.165) is 44.6 Å². The summed E-state index contributed by atoms with van der Waals surface area (Å²) in [5, 5.41) is 13.8. The van der Waals surface area contributed by atoms with Crippen molar-refractivity contribution in [3.8, 4) is 0 Å². The molecule has 1 saturated heterocycles. The second-order valence-electron chi connectivity index (χ2n) is 7.39. The van der Waals surface area contributed by atoms with E-state index in [1.54, 1.807) is 6.07 Å². The standard InChI is InChI=1S/C21H27Cl2N3O/c1-14-3-2-4-20(25-21(24)27)19(14)13-26-7-5-15(6-8-26)9-16-10-17(22)12-18(23)11-16/h2-4,10-12,15,21,25,27H,5-9,13,24H2,1H3. The van der Waals surface area contributed by atoms with E-state index in [9.17, 15) is 5.11 Å². The Kier molecular flexibility index (Phi) is 7.01. The summed E-state index contributed by atoms with van der Waals surface area (Å²) in [6.45, 7) is 5.06. The van der Waals surface area contributed by atoms with E-state index in [-0.39, 0.29) is 0 Å². The van der Waals surface area contributed by atoms with Crippen molar-refractivity contribution in [3.63, 3.8) is 0 Å². The smallest absolute Gasteiger partial charge is 0.178 e. The molecule has 0 spiro atoms. The Hall–Kier alpha value is -1.30. The van der Waals surface area contributed by atoms with Crippen molar-refractivity contribution in [2.24, 2.45) is 11.7 Å². The number of nitrogens with two attached hydrogens (primary N) is 1. The van der Waals surface area contributed by atoms with E-state index >= 15 is 0 Å². The molecule has 2 aromatic rings. The summed E-state index contributed by atoms with van der Waals surface area (Å²) in [5.74, 6) is 0.649. The number of nitrogens with one attached hydrogen (secondary N) is 1. The molecule has 1 atom stereocenters. The molecule has 27 heavy (non-hydrogen) atoms. The van der Waals surface area contributed by atoms with Gasteiger partial charge in [0.05, 0.1) is 0 Å². The Morgan fingerprint density at radius 1 is 1.19 bits per heavy atom. The minimum absolute atomic E-state index is 0.649. The first-order chi connectivity index (χ1) is 12.9. The summed E-state index contributed by atoms with van der Waals surface area (Å²) < 4.78 is 0. The highest BCUT2D eigenvalue weighted by Crippen LogP contribution is 2.28. The van der Waals surface area contributed by atoms with E-state index < -0.39 is 6.35 Å². The van der Waals surface area contributed by atoms with Crippen LogP contribution in [0, 0.1) is 12.8 Å². The van der Waals surface area contributed by atoms with Gasteiger partial charge < -0.3 is 10.4 Å². The predicted molar refractivity (Wildman–Crippen MR) is 113 cm³/mol. The summed E-state index contributed by atoms with van der Waals surface area (Å²) in [6, 6.07) is 11.9. The molecule has 1 aliphatic heterocycles. The van der Waals surface area contributed by atoms with Crippen LogP contribution in [0.3, 0.4) is 0 Å². The highest BCUT2D eigenvalue weighted by atomic mass is 35.5. The molecule has 146 valence electrons. The van der Waals surface area contributed by atoms with Crippen LogP contribution in [-0.2, 0) is 13.0 Å². The molecule has 1 fully saturated rings. The van der Waals surface area contributed by atoms with Crippen molar-refractivity contribution in [2.75, 3.05) is 18.4 Å². The Morgan fingerprint density at radius 3 is 2.48 bits per heavy atom. The van der Waals surface area contributed by atoms with E-state index in [1.165, 1.54) is 16.7 Å². The molecule has 4 N–H and O–H groups in total. The van der Waals surface area contributed by atoms with Gasteiger partial charge >= 0.3 is 0 Å². The molecule has 3 rings (SSSR count). The quantitative estimate of drug-likeness (QED) is 0.620. The van der Waals surface area contributed by atoms with Crippen molar-refractivity contribution in [3.05, 3.63) is 63.1 Å². The van der Waals surface area contributed by atoms with Gasteiger partial charge in [-0.2, -0.15) is 0 Å². The number of aryl methyl sites for hydroxylation is 1. The van der Waals surface area contributed by atoms with Crippen molar-refractivity contribution in [2.45, 2.75) is 39.1 Å². The molecule has 4 nitrogen and oxygen atoms in total. The molecule has 6 heteroatoms. The number of likely N-dealkylation sites (tertiary alicyclic amines) is 1. The molecular weight excluding hydrogens is 381 g/mol. The maximum Gasteiger partial charge on any atom is 0.178 e. The number of benzene rings is 2. The minimum Gasteiger partial charge on any atom is -0.361 e. The lowest BCUT2D eigenvalue weighted by atomic mass is 9.90. The Morgan fingerprint density at radius 2 is 1.85 bits per heavy atom. The number of nitrogens with zero attached hydrogens (tertiary/aromatic N) is 1. The number of aliphatic hydroxyl groups excluding tert-OH is 1. The van der Waals surface area contributed by atoms with E-state index in [0.29, 0.717) is 16.0 Å². The second kappa shape index (κ2) is 9.26. The lowest BCUT2D eigenvalue weighted by Gasteiger charge is -2.33. The van der Waals surface area contributed by atoms with Crippen LogP contribution in [0.25, 0.3) is 0 Å². The zero-order valence-electron chi connectivity index (χ0n) is 15.6. The number of piperidine rings is 1. The lowest BCUT2D eigenvalue weighted by Crippen LogP contribution is -2.35. The Labute approximate surface area is 171 Å². The third kappa shape index (κ3) is 5.84. The summed E-state index contributed by atoms with van der Waals surface area (Å²) >= 11 is 12.2. The van der Waals surface area contributed by atoms with Gasteiger partial charge in [-0.25, -0.2) is 0 Å². The van der Waals surface area contributed by atoms with E-state index in [4.69, 9.17) is 28.9 Å². The number of hydrogen-bond donors (Lipinski definition) is 3. The fraction of sp³-hybridized carbons (Fsp3) is 0.429. The van der Waals surface area contributed by atoms with Crippen molar-refractivity contribution < 1.29 is 5.11 Å².